The van der Waals surface area contributed by atoms with Gasteiger partial charge in [-0.3, -0.25) is 24.3 Å². The zero-order valence-electron chi connectivity index (χ0n) is 16.8. The minimum Gasteiger partial charge on any atom is -0.459 e. The number of ether oxygens (including phenoxy) is 1. The van der Waals surface area contributed by atoms with Crippen molar-refractivity contribution < 1.29 is 19.1 Å². The van der Waals surface area contributed by atoms with E-state index in [4.69, 9.17) is 10.5 Å². The van der Waals surface area contributed by atoms with Crippen molar-refractivity contribution in [3.05, 3.63) is 81.6 Å². The number of carbonyl (C=O) groups is 3. The van der Waals surface area contributed by atoms with E-state index in [1.807, 2.05) is 6.07 Å². The molecule has 2 amide bonds. The van der Waals surface area contributed by atoms with Gasteiger partial charge >= 0.3 is 5.97 Å². The molecule has 3 aromatic rings. The average molecular weight is 417 g/mol. The van der Waals surface area contributed by atoms with Crippen LogP contribution in [0.4, 0.5) is 5.82 Å². The van der Waals surface area contributed by atoms with Crippen molar-refractivity contribution >= 4 is 23.6 Å². The fraction of sp³-hybridized carbons (Fsp3) is 0.130. The monoisotopic (exact) mass is 417 g/mol. The molecule has 31 heavy (non-hydrogen) atoms. The van der Waals surface area contributed by atoms with Gasteiger partial charge in [-0.15, -0.1) is 0 Å². The molecule has 156 valence electrons. The van der Waals surface area contributed by atoms with Gasteiger partial charge in [-0.05, 0) is 49.2 Å². The fourth-order valence-corrected chi connectivity index (χ4v) is 3.46. The highest BCUT2D eigenvalue weighted by atomic mass is 16.5. The highest BCUT2D eigenvalue weighted by Gasteiger charge is 2.31. The Labute approximate surface area is 177 Å². The van der Waals surface area contributed by atoms with Crippen LogP contribution < -0.4 is 16.6 Å². The number of carbonyl (C=O) groups excluding carboxylic acids is 3. The standard InChI is InChI=1S/C23H19N3O5/c1-12(2)31-23(30)15-5-3-4-14(10-15)13-6-8-16(9-7-13)26-18(27)11-17-19(20(26)24)22(29)25-21(17)28/h3-12H,24H2,1-2H3,(H,25,28,29). The van der Waals surface area contributed by atoms with Crippen LogP contribution in [0.2, 0.25) is 0 Å². The number of hydrogen-bond acceptors (Lipinski definition) is 6. The molecule has 0 fully saturated rings. The van der Waals surface area contributed by atoms with Gasteiger partial charge in [-0.25, -0.2) is 4.79 Å². The molecule has 0 unspecified atom stereocenters. The molecule has 0 atom stereocenters. The first-order chi connectivity index (χ1) is 14.8. The Kier molecular flexibility index (Phi) is 4.90. The molecule has 8 nitrogen and oxygen atoms in total. The Balaban J connectivity index is 1.70. The molecule has 4 rings (SSSR count). The van der Waals surface area contributed by atoms with E-state index in [1.54, 1.807) is 56.3 Å². The summed E-state index contributed by atoms with van der Waals surface area (Å²) < 4.78 is 6.41. The second-order valence-corrected chi connectivity index (χ2v) is 7.36. The normalized spacial score (nSPS) is 12.6. The maximum atomic E-state index is 12.6. The third-order valence-electron chi connectivity index (χ3n) is 4.85. The lowest BCUT2D eigenvalue weighted by atomic mass is 10.0. The zero-order chi connectivity index (χ0) is 22.3. The van der Waals surface area contributed by atoms with Crippen LogP contribution in [0.15, 0.2) is 59.4 Å². The molecular weight excluding hydrogens is 398 g/mol. The zero-order valence-corrected chi connectivity index (χ0v) is 16.8. The van der Waals surface area contributed by atoms with Gasteiger partial charge in [0.25, 0.3) is 17.4 Å². The second-order valence-electron chi connectivity index (χ2n) is 7.36. The number of imide groups is 1. The largest absolute Gasteiger partial charge is 0.459 e. The molecule has 2 heterocycles. The lowest BCUT2D eigenvalue weighted by Crippen LogP contribution is -2.24. The molecule has 0 aliphatic carbocycles. The number of rotatable bonds is 4. The summed E-state index contributed by atoms with van der Waals surface area (Å²) in [5.74, 6) is -1.77. The number of nitrogens with two attached hydrogens (primary N) is 1. The van der Waals surface area contributed by atoms with Crippen LogP contribution in [0.25, 0.3) is 16.8 Å². The summed E-state index contributed by atoms with van der Waals surface area (Å²) in [5, 5.41) is 2.14. The van der Waals surface area contributed by atoms with Gasteiger partial charge < -0.3 is 10.5 Å². The Morgan fingerprint density at radius 3 is 2.35 bits per heavy atom. The maximum absolute atomic E-state index is 12.6. The number of nitrogen functional groups attached to an aromatic ring is 1. The number of benzene rings is 2. The minimum absolute atomic E-state index is 0.00922. The smallest absolute Gasteiger partial charge is 0.338 e. The summed E-state index contributed by atoms with van der Waals surface area (Å²) in [6.45, 7) is 3.57. The predicted octanol–water partition coefficient (Wildman–Crippen LogP) is 2.54. The third kappa shape index (κ3) is 3.59. The molecular formula is C23H19N3O5. The summed E-state index contributed by atoms with van der Waals surface area (Å²) in [5.41, 5.74) is 7.99. The van der Waals surface area contributed by atoms with E-state index in [0.29, 0.717) is 11.3 Å². The van der Waals surface area contributed by atoms with Crippen LogP contribution in [-0.2, 0) is 4.74 Å². The van der Waals surface area contributed by atoms with Crippen molar-refractivity contribution in [2.45, 2.75) is 20.0 Å². The molecule has 0 radical (unpaired) electrons. The molecule has 0 bridgehead atoms. The van der Waals surface area contributed by atoms with Gasteiger partial charge in [0.1, 0.15) is 5.82 Å². The Bertz CT molecular complexity index is 1290. The van der Waals surface area contributed by atoms with Gasteiger partial charge in [-0.2, -0.15) is 0 Å². The molecule has 1 aliphatic rings. The average Bonchev–Trinajstić information content (AvgIpc) is 3.01. The van der Waals surface area contributed by atoms with E-state index in [1.165, 1.54) is 4.57 Å². The molecule has 0 saturated heterocycles. The lowest BCUT2D eigenvalue weighted by molar-refractivity contribution is 0.0377. The summed E-state index contributed by atoms with van der Waals surface area (Å²) in [4.78, 5) is 48.5. The van der Waals surface area contributed by atoms with Gasteiger partial charge in [0.05, 0.1) is 28.5 Å². The molecule has 0 spiro atoms. The lowest BCUT2D eigenvalue weighted by Gasteiger charge is -2.13. The van der Waals surface area contributed by atoms with Crippen molar-refractivity contribution in [1.82, 2.24) is 9.88 Å². The number of nitrogens with one attached hydrogen (secondary N) is 1. The van der Waals surface area contributed by atoms with Crippen LogP contribution in [0.3, 0.4) is 0 Å². The SMILES string of the molecule is CC(C)OC(=O)c1cccc(-c2ccc(-n3c(N)c4c(cc3=O)C(=O)NC4=O)cc2)c1. The Hall–Kier alpha value is -4.20. The topological polar surface area (TPSA) is 120 Å². The van der Waals surface area contributed by atoms with Crippen LogP contribution in [-0.4, -0.2) is 28.5 Å². The second kappa shape index (κ2) is 7.56. The Morgan fingerprint density at radius 1 is 0.968 bits per heavy atom. The summed E-state index contributed by atoms with van der Waals surface area (Å²) in [6, 6.07) is 15.0. The van der Waals surface area contributed by atoms with Crippen molar-refractivity contribution in [2.75, 3.05) is 5.73 Å². The van der Waals surface area contributed by atoms with E-state index in [9.17, 15) is 19.2 Å². The van der Waals surface area contributed by atoms with Gasteiger partial charge in [-0.1, -0.05) is 24.3 Å². The minimum atomic E-state index is -0.637. The molecule has 1 aliphatic heterocycles. The fourth-order valence-electron chi connectivity index (χ4n) is 3.46. The molecule has 3 N–H and O–H groups in total. The van der Waals surface area contributed by atoms with Gasteiger partial charge in [0, 0.05) is 6.07 Å². The van der Waals surface area contributed by atoms with Crippen LogP contribution in [0.1, 0.15) is 44.9 Å². The number of amides is 2. The quantitative estimate of drug-likeness (QED) is 0.497. The van der Waals surface area contributed by atoms with Crippen molar-refractivity contribution in [3.63, 3.8) is 0 Å². The number of hydrogen-bond donors (Lipinski definition) is 2. The number of aromatic nitrogens is 1. The first-order valence-corrected chi connectivity index (χ1v) is 9.59. The number of fused-ring (bicyclic) bond motifs is 1. The molecule has 2 aromatic carbocycles. The Morgan fingerprint density at radius 2 is 1.68 bits per heavy atom. The highest BCUT2D eigenvalue weighted by Crippen LogP contribution is 2.26. The van der Waals surface area contributed by atoms with E-state index in [0.717, 1.165) is 17.2 Å². The summed E-state index contributed by atoms with van der Waals surface area (Å²) >= 11 is 0. The van der Waals surface area contributed by atoms with E-state index >= 15 is 0 Å². The number of esters is 1. The predicted molar refractivity (Wildman–Crippen MR) is 114 cm³/mol. The first kappa shape index (κ1) is 20.1. The molecule has 8 heteroatoms. The number of pyridine rings is 1. The van der Waals surface area contributed by atoms with E-state index in [-0.39, 0.29) is 23.0 Å². The van der Waals surface area contributed by atoms with E-state index in [2.05, 4.69) is 5.32 Å². The number of anilines is 1. The van der Waals surface area contributed by atoms with E-state index < -0.39 is 23.3 Å². The van der Waals surface area contributed by atoms with Crippen molar-refractivity contribution in [1.29, 1.82) is 0 Å². The van der Waals surface area contributed by atoms with Crippen LogP contribution in [0.5, 0.6) is 0 Å². The van der Waals surface area contributed by atoms with Crippen molar-refractivity contribution in [2.24, 2.45) is 0 Å². The first-order valence-electron chi connectivity index (χ1n) is 9.59. The van der Waals surface area contributed by atoms with Gasteiger partial charge in [0.2, 0.25) is 0 Å². The van der Waals surface area contributed by atoms with Crippen LogP contribution >= 0.6 is 0 Å². The van der Waals surface area contributed by atoms with Crippen molar-refractivity contribution in [3.8, 4) is 16.8 Å². The molecule has 1 aromatic heterocycles. The number of nitrogens with zero attached hydrogens (tertiary/aromatic N) is 1. The summed E-state index contributed by atoms with van der Waals surface area (Å²) in [7, 11) is 0. The maximum Gasteiger partial charge on any atom is 0.338 e. The highest BCUT2D eigenvalue weighted by molar-refractivity contribution is 6.23. The summed E-state index contributed by atoms with van der Waals surface area (Å²) in [6.07, 6.45) is -0.219. The van der Waals surface area contributed by atoms with Gasteiger partial charge in [0.15, 0.2) is 0 Å². The molecule has 0 saturated carbocycles. The third-order valence-corrected chi connectivity index (χ3v) is 4.85. The van der Waals surface area contributed by atoms with Crippen LogP contribution in [0, 0.1) is 0 Å².